The van der Waals surface area contributed by atoms with Crippen LogP contribution in [0.4, 0.5) is 0 Å². The monoisotopic (exact) mass is 218 g/mol. The van der Waals surface area contributed by atoms with Gasteiger partial charge in [0, 0.05) is 24.0 Å². The minimum Gasteiger partial charge on any atom is -0.348 e. The zero-order valence-corrected chi connectivity index (χ0v) is 10.4. The molecule has 0 amide bonds. The topological polar surface area (TPSA) is 30.9 Å². The van der Waals surface area contributed by atoms with Gasteiger partial charge in [-0.05, 0) is 49.1 Å². The van der Waals surface area contributed by atoms with Crippen molar-refractivity contribution < 1.29 is 0 Å². The van der Waals surface area contributed by atoms with Crippen LogP contribution in [0.15, 0.2) is 12.3 Å². The maximum absolute atomic E-state index is 6.28. The summed E-state index contributed by atoms with van der Waals surface area (Å²) < 4.78 is 2.51. The molecular formula is C14H22N2. The molecule has 2 nitrogen and oxygen atoms in total. The van der Waals surface area contributed by atoms with Gasteiger partial charge in [-0.3, -0.25) is 0 Å². The van der Waals surface area contributed by atoms with Crippen molar-refractivity contribution in [1.82, 2.24) is 4.57 Å². The zero-order valence-electron chi connectivity index (χ0n) is 10.4. The summed E-state index contributed by atoms with van der Waals surface area (Å²) in [6, 6.07) is 3.28. The molecule has 1 fully saturated rings. The van der Waals surface area contributed by atoms with Gasteiger partial charge in [-0.1, -0.05) is 13.8 Å². The van der Waals surface area contributed by atoms with Gasteiger partial charge in [-0.25, -0.2) is 0 Å². The molecule has 0 spiro atoms. The van der Waals surface area contributed by atoms with Crippen LogP contribution in [0, 0.1) is 5.41 Å². The molecule has 0 saturated heterocycles. The Balaban J connectivity index is 1.99. The second kappa shape index (κ2) is 3.36. The van der Waals surface area contributed by atoms with Gasteiger partial charge in [0.25, 0.3) is 0 Å². The van der Waals surface area contributed by atoms with Gasteiger partial charge in [0.1, 0.15) is 0 Å². The Morgan fingerprint density at radius 3 is 2.75 bits per heavy atom. The van der Waals surface area contributed by atoms with Gasteiger partial charge in [0.15, 0.2) is 0 Å². The summed E-state index contributed by atoms with van der Waals surface area (Å²) in [7, 11) is 0. The van der Waals surface area contributed by atoms with Crippen molar-refractivity contribution in [3.63, 3.8) is 0 Å². The number of hydrogen-bond acceptors (Lipinski definition) is 1. The Hall–Kier alpha value is -0.760. The molecule has 2 aliphatic carbocycles. The van der Waals surface area contributed by atoms with E-state index in [-0.39, 0.29) is 6.04 Å². The fourth-order valence-corrected chi connectivity index (χ4v) is 3.26. The van der Waals surface area contributed by atoms with Gasteiger partial charge in [-0.2, -0.15) is 0 Å². The van der Waals surface area contributed by atoms with Crippen LogP contribution in [0.1, 0.15) is 62.9 Å². The van der Waals surface area contributed by atoms with E-state index in [0.29, 0.717) is 5.41 Å². The molecule has 0 aliphatic heterocycles. The summed E-state index contributed by atoms with van der Waals surface area (Å²) in [4.78, 5) is 0. The lowest BCUT2D eigenvalue weighted by Crippen LogP contribution is -2.31. The van der Waals surface area contributed by atoms with Gasteiger partial charge in [0.2, 0.25) is 0 Å². The second-order valence-corrected chi connectivity index (χ2v) is 6.36. The molecule has 3 rings (SSSR count). The van der Waals surface area contributed by atoms with Crippen LogP contribution in [0.25, 0.3) is 0 Å². The van der Waals surface area contributed by atoms with Gasteiger partial charge >= 0.3 is 0 Å². The van der Waals surface area contributed by atoms with E-state index in [1.54, 1.807) is 0 Å². The minimum atomic E-state index is 0.250. The molecule has 2 aliphatic rings. The molecular weight excluding hydrogens is 196 g/mol. The molecule has 88 valence electrons. The first-order valence-corrected chi connectivity index (χ1v) is 6.52. The molecule has 0 radical (unpaired) electrons. The lowest BCUT2D eigenvalue weighted by atomic mass is 9.74. The number of nitrogens with two attached hydrogens (primary N) is 1. The summed E-state index contributed by atoms with van der Waals surface area (Å²) >= 11 is 0. The molecule has 1 atom stereocenters. The lowest BCUT2D eigenvalue weighted by Gasteiger charge is -2.37. The van der Waals surface area contributed by atoms with Gasteiger partial charge in [-0.15, -0.1) is 0 Å². The summed E-state index contributed by atoms with van der Waals surface area (Å²) in [6.07, 6.45) is 8.70. The maximum atomic E-state index is 6.28. The van der Waals surface area contributed by atoms with Crippen LogP contribution in [0.3, 0.4) is 0 Å². The molecule has 2 heteroatoms. The van der Waals surface area contributed by atoms with Crippen molar-refractivity contribution in [1.29, 1.82) is 0 Å². The third-order valence-corrected chi connectivity index (χ3v) is 4.35. The Kier molecular flexibility index (Phi) is 2.19. The molecule has 1 saturated carbocycles. The van der Waals surface area contributed by atoms with Crippen molar-refractivity contribution in [2.75, 3.05) is 0 Å². The Bertz CT molecular complexity index is 399. The van der Waals surface area contributed by atoms with Crippen LogP contribution >= 0.6 is 0 Å². The zero-order chi connectivity index (χ0) is 11.3. The predicted molar refractivity (Wildman–Crippen MR) is 66.4 cm³/mol. The first-order valence-electron chi connectivity index (χ1n) is 6.52. The Morgan fingerprint density at radius 2 is 2.12 bits per heavy atom. The van der Waals surface area contributed by atoms with E-state index in [2.05, 4.69) is 30.7 Å². The fraction of sp³-hybridized carbons (Fsp3) is 0.714. The molecule has 1 heterocycles. The highest BCUT2D eigenvalue weighted by Gasteiger charge is 2.34. The van der Waals surface area contributed by atoms with Crippen LogP contribution in [-0.2, 0) is 6.42 Å². The summed E-state index contributed by atoms with van der Waals surface area (Å²) in [5.41, 5.74) is 9.58. The van der Waals surface area contributed by atoms with E-state index >= 15 is 0 Å². The number of hydrogen-bond donors (Lipinski definition) is 1. The minimum absolute atomic E-state index is 0.250. The smallest absolute Gasteiger partial charge is 0.0333 e. The Morgan fingerprint density at radius 1 is 1.38 bits per heavy atom. The van der Waals surface area contributed by atoms with Crippen molar-refractivity contribution in [2.24, 2.45) is 11.1 Å². The van der Waals surface area contributed by atoms with Gasteiger partial charge in [0.05, 0.1) is 0 Å². The Labute approximate surface area is 97.8 Å². The normalized spacial score (nSPS) is 28.6. The van der Waals surface area contributed by atoms with Crippen LogP contribution in [0.5, 0.6) is 0 Å². The van der Waals surface area contributed by atoms with Crippen molar-refractivity contribution >= 4 is 0 Å². The van der Waals surface area contributed by atoms with Crippen molar-refractivity contribution in [3.05, 3.63) is 23.5 Å². The van der Waals surface area contributed by atoms with Crippen molar-refractivity contribution in [3.8, 4) is 0 Å². The summed E-state index contributed by atoms with van der Waals surface area (Å²) in [5.74, 6) is 0. The van der Waals surface area contributed by atoms with Crippen LogP contribution < -0.4 is 5.73 Å². The fourth-order valence-electron chi connectivity index (χ4n) is 3.26. The third kappa shape index (κ3) is 1.51. The molecule has 0 aromatic carbocycles. The number of aromatic nitrogens is 1. The summed E-state index contributed by atoms with van der Waals surface area (Å²) in [5, 5.41) is 0. The number of fused-ring (bicyclic) bond motifs is 1. The van der Waals surface area contributed by atoms with E-state index in [0.717, 1.165) is 12.5 Å². The van der Waals surface area contributed by atoms with E-state index in [1.165, 1.54) is 36.9 Å². The second-order valence-electron chi connectivity index (χ2n) is 6.36. The average molecular weight is 218 g/mol. The molecule has 1 aromatic rings. The van der Waals surface area contributed by atoms with E-state index in [1.807, 2.05) is 0 Å². The highest BCUT2D eigenvalue weighted by Crippen LogP contribution is 2.43. The van der Waals surface area contributed by atoms with Gasteiger partial charge < -0.3 is 10.3 Å². The molecule has 16 heavy (non-hydrogen) atoms. The SMILES string of the molecule is CC1(C)Cc2c(ccn2C2CCC2)C(N)C1. The van der Waals surface area contributed by atoms with E-state index < -0.39 is 0 Å². The van der Waals surface area contributed by atoms with E-state index in [9.17, 15) is 0 Å². The molecule has 2 N–H and O–H groups in total. The molecule has 1 unspecified atom stereocenters. The first-order chi connectivity index (χ1) is 7.57. The average Bonchev–Trinajstić information content (AvgIpc) is 2.44. The first kappa shape index (κ1) is 10.4. The summed E-state index contributed by atoms with van der Waals surface area (Å²) in [6.45, 7) is 4.68. The third-order valence-electron chi connectivity index (χ3n) is 4.35. The van der Waals surface area contributed by atoms with Crippen molar-refractivity contribution in [2.45, 2.75) is 58.0 Å². The highest BCUT2D eigenvalue weighted by atomic mass is 15.0. The standard InChI is InChI=1S/C14H22N2/c1-14(2)8-12(15)11-6-7-16(13(11)9-14)10-4-3-5-10/h6-7,10,12H,3-5,8-9,15H2,1-2H3. The van der Waals surface area contributed by atoms with Crippen LogP contribution in [0.2, 0.25) is 0 Å². The lowest BCUT2D eigenvalue weighted by molar-refractivity contribution is 0.253. The number of rotatable bonds is 1. The quantitative estimate of drug-likeness (QED) is 0.771. The molecule has 0 bridgehead atoms. The maximum Gasteiger partial charge on any atom is 0.0333 e. The number of nitrogens with zero attached hydrogens (tertiary/aromatic N) is 1. The van der Waals surface area contributed by atoms with Crippen LogP contribution in [-0.4, -0.2) is 4.57 Å². The predicted octanol–water partition coefficient (Wildman–Crippen LogP) is 3.19. The van der Waals surface area contributed by atoms with E-state index in [4.69, 9.17) is 5.73 Å². The highest BCUT2D eigenvalue weighted by molar-refractivity contribution is 5.31. The largest absolute Gasteiger partial charge is 0.348 e. The molecule has 1 aromatic heterocycles.